The second-order valence-corrected chi connectivity index (χ2v) is 7.08. The van der Waals surface area contributed by atoms with Crippen molar-refractivity contribution in [1.29, 1.82) is 0 Å². The topological polar surface area (TPSA) is 71.8 Å². The molecule has 0 aliphatic carbocycles. The summed E-state index contributed by atoms with van der Waals surface area (Å²) in [5.41, 5.74) is 3.45. The van der Waals surface area contributed by atoms with Crippen molar-refractivity contribution in [2.24, 2.45) is 0 Å². The van der Waals surface area contributed by atoms with Crippen LogP contribution in [0.2, 0.25) is 0 Å². The molecular weight excluding hydrogens is 388 g/mol. The number of aromatic amines is 1. The van der Waals surface area contributed by atoms with Gasteiger partial charge in [0.15, 0.2) is 11.5 Å². The highest BCUT2D eigenvalue weighted by molar-refractivity contribution is 9.10. The van der Waals surface area contributed by atoms with Crippen LogP contribution in [0.1, 0.15) is 0 Å². The highest BCUT2D eigenvalue weighted by atomic mass is 79.9. The van der Waals surface area contributed by atoms with Gasteiger partial charge in [0.25, 0.3) is 0 Å². The van der Waals surface area contributed by atoms with Gasteiger partial charge in [-0.05, 0) is 29.6 Å². The van der Waals surface area contributed by atoms with Gasteiger partial charge in [-0.2, -0.15) is 5.10 Å². The number of hydrogen-bond donors (Lipinski definition) is 1. The van der Waals surface area contributed by atoms with Gasteiger partial charge >= 0.3 is 0 Å². The van der Waals surface area contributed by atoms with Crippen molar-refractivity contribution >= 4 is 43.1 Å². The number of nitrogens with one attached hydrogen (secondary N) is 1. The molecule has 4 heterocycles. The Hall–Kier alpha value is -2.58. The van der Waals surface area contributed by atoms with Crippen LogP contribution < -0.4 is 0 Å². The highest BCUT2D eigenvalue weighted by Gasteiger charge is 2.13. The molecule has 1 aromatic carbocycles. The zero-order chi connectivity index (χ0) is 16.1. The third-order valence-corrected chi connectivity index (χ3v) is 5.05. The maximum absolute atomic E-state index is 4.65. The molecular formula is C16H9BrN6S. The van der Waals surface area contributed by atoms with E-state index in [1.807, 2.05) is 41.8 Å². The van der Waals surface area contributed by atoms with E-state index in [-0.39, 0.29) is 0 Å². The van der Waals surface area contributed by atoms with Gasteiger partial charge in [-0.15, -0.1) is 16.4 Å². The molecule has 116 valence electrons. The zero-order valence-electron chi connectivity index (χ0n) is 12.1. The van der Waals surface area contributed by atoms with Crippen molar-refractivity contribution in [1.82, 2.24) is 29.8 Å². The third kappa shape index (κ3) is 2.15. The fourth-order valence-electron chi connectivity index (χ4n) is 2.61. The second kappa shape index (κ2) is 5.22. The zero-order valence-corrected chi connectivity index (χ0v) is 14.5. The maximum atomic E-state index is 4.65. The quantitative estimate of drug-likeness (QED) is 0.486. The van der Waals surface area contributed by atoms with Crippen molar-refractivity contribution in [2.45, 2.75) is 0 Å². The molecule has 0 saturated carbocycles. The van der Waals surface area contributed by atoms with Crippen molar-refractivity contribution in [3.63, 3.8) is 0 Å². The largest absolute Gasteiger partial charge is 0.274 e. The first-order valence-corrected chi connectivity index (χ1v) is 8.85. The van der Waals surface area contributed by atoms with Crippen molar-refractivity contribution in [3.05, 3.63) is 52.6 Å². The predicted octanol–water partition coefficient (Wildman–Crippen LogP) is 4.16. The fourth-order valence-corrected chi connectivity index (χ4v) is 3.74. The Labute approximate surface area is 148 Å². The lowest BCUT2D eigenvalue weighted by atomic mass is 10.1. The molecule has 0 amide bonds. The first-order chi connectivity index (χ1) is 11.8. The van der Waals surface area contributed by atoms with E-state index >= 15 is 0 Å². The molecule has 0 aliphatic heterocycles. The van der Waals surface area contributed by atoms with Gasteiger partial charge < -0.3 is 0 Å². The Morgan fingerprint density at radius 1 is 1.17 bits per heavy atom. The molecule has 0 saturated heterocycles. The fraction of sp³-hybridized carbons (Fsp3) is 0. The van der Waals surface area contributed by atoms with Gasteiger partial charge in [0, 0.05) is 10.0 Å². The Morgan fingerprint density at radius 3 is 3.04 bits per heavy atom. The minimum atomic E-state index is 0.601. The molecule has 0 aliphatic rings. The van der Waals surface area contributed by atoms with Gasteiger partial charge in [0.2, 0.25) is 0 Å². The molecule has 5 rings (SSSR count). The number of hydrogen-bond acceptors (Lipinski definition) is 5. The van der Waals surface area contributed by atoms with Gasteiger partial charge in [-0.25, -0.2) is 14.5 Å². The minimum absolute atomic E-state index is 0.601. The number of halogens is 1. The number of thiophene rings is 1. The molecule has 0 bridgehead atoms. The molecule has 6 nitrogen and oxygen atoms in total. The number of fused-ring (bicyclic) bond motifs is 3. The standard InChI is InChI=1S/C16H9BrN6S/c17-10-3-1-2-9(6-10)12-7-13(21-20-12)14-19-15-11-4-5-24-16(11)18-8-23(15)22-14/h1-8H,(H,20,21). The van der Waals surface area contributed by atoms with E-state index in [2.05, 4.69) is 41.2 Å². The summed E-state index contributed by atoms with van der Waals surface area (Å²) in [6.07, 6.45) is 1.69. The maximum Gasteiger partial charge on any atom is 0.200 e. The molecule has 0 unspecified atom stereocenters. The number of H-pyrrole nitrogens is 1. The van der Waals surface area contributed by atoms with Crippen molar-refractivity contribution < 1.29 is 0 Å². The number of aromatic nitrogens is 6. The summed E-state index contributed by atoms with van der Waals surface area (Å²) >= 11 is 5.07. The summed E-state index contributed by atoms with van der Waals surface area (Å²) in [7, 11) is 0. The van der Waals surface area contributed by atoms with E-state index in [4.69, 9.17) is 0 Å². The summed E-state index contributed by atoms with van der Waals surface area (Å²) < 4.78 is 2.71. The summed E-state index contributed by atoms with van der Waals surface area (Å²) in [6.45, 7) is 0. The van der Waals surface area contributed by atoms with Crippen LogP contribution in [0.3, 0.4) is 0 Å². The molecule has 0 fully saturated rings. The molecule has 8 heteroatoms. The monoisotopic (exact) mass is 396 g/mol. The Balaban J connectivity index is 1.63. The number of rotatable bonds is 2. The molecule has 0 radical (unpaired) electrons. The molecule has 5 aromatic rings. The Bertz CT molecular complexity index is 1190. The van der Waals surface area contributed by atoms with Crippen molar-refractivity contribution in [2.75, 3.05) is 0 Å². The third-order valence-electron chi connectivity index (χ3n) is 3.74. The van der Waals surface area contributed by atoms with Gasteiger partial charge in [0.05, 0.1) is 11.1 Å². The number of benzene rings is 1. The molecule has 1 N–H and O–H groups in total. The van der Waals surface area contributed by atoms with Crippen LogP contribution in [-0.4, -0.2) is 29.8 Å². The van der Waals surface area contributed by atoms with E-state index in [0.29, 0.717) is 5.82 Å². The Kier molecular flexibility index (Phi) is 3.00. The van der Waals surface area contributed by atoms with Crippen LogP contribution in [-0.2, 0) is 0 Å². The van der Waals surface area contributed by atoms with Crippen LogP contribution in [0.25, 0.3) is 38.6 Å². The number of nitrogens with zero attached hydrogens (tertiary/aromatic N) is 5. The molecule has 4 aromatic heterocycles. The van der Waals surface area contributed by atoms with Crippen LogP contribution in [0.5, 0.6) is 0 Å². The Morgan fingerprint density at radius 2 is 2.12 bits per heavy atom. The molecule has 24 heavy (non-hydrogen) atoms. The van der Waals surface area contributed by atoms with E-state index < -0.39 is 0 Å². The lowest BCUT2D eigenvalue weighted by Gasteiger charge is -1.95. The van der Waals surface area contributed by atoms with Gasteiger partial charge in [0.1, 0.15) is 16.9 Å². The van der Waals surface area contributed by atoms with E-state index in [0.717, 1.165) is 37.3 Å². The summed E-state index contributed by atoms with van der Waals surface area (Å²) in [6, 6.07) is 12.0. The lowest BCUT2D eigenvalue weighted by molar-refractivity contribution is 0.935. The second-order valence-electron chi connectivity index (χ2n) is 5.26. The van der Waals surface area contributed by atoms with Crippen LogP contribution >= 0.6 is 27.3 Å². The summed E-state index contributed by atoms with van der Waals surface area (Å²) in [5, 5.41) is 14.9. The van der Waals surface area contributed by atoms with E-state index in [1.165, 1.54) is 0 Å². The van der Waals surface area contributed by atoms with Crippen LogP contribution in [0, 0.1) is 0 Å². The van der Waals surface area contributed by atoms with Gasteiger partial charge in [-0.3, -0.25) is 5.10 Å². The predicted molar refractivity (Wildman–Crippen MR) is 96.9 cm³/mol. The summed E-state index contributed by atoms with van der Waals surface area (Å²) in [5.74, 6) is 0.601. The lowest BCUT2D eigenvalue weighted by Crippen LogP contribution is -1.88. The van der Waals surface area contributed by atoms with Gasteiger partial charge in [-0.1, -0.05) is 28.1 Å². The average Bonchev–Trinajstić information content (AvgIpc) is 3.31. The molecule has 0 spiro atoms. The first kappa shape index (κ1) is 13.8. The smallest absolute Gasteiger partial charge is 0.200 e. The SMILES string of the molecule is Brc1cccc(-c2cc(-c3nc4c5ccsc5ncn4n3)[nH]n2)c1. The van der Waals surface area contributed by atoms with Crippen LogP contribution in [0.15, 0.2) is 52.6 Å². The van der Waals surface area contributed by atoms with Crippen LogP contribution in [0.4, 0.5) is 0 Å². The summed E-state index contributed by atoms with van der Waals surface area (Å²) in [4.78, 5) is 9.99. The first-order valence-electron chi connectivity index (χ1n) is 7.18. The normalized spacial score (nSPS) is 11.5. The van der Waals surface area contributed by atoms with E-state index in [9.17, 15) is 0 Å². The molecule has 0 atom stereocenters. The van der Waals surface area contributed by atoms with E-state index in [1.54, 1.807) is 22.2 Å². The minimum Gasteiger partial charge on any atom is -0.274 e. The average molecular weight is 397 g/mol. The highest BCUT2D eigenvalue weighted by Crippen LogP contribution is 2.26. The van der Waals surface area contributed by atoms with Crippen molar-refractivity contribution in [3.8, 4) is 22.8 Å².